The summed E-state index contributed by atoms with van der Waals surface area (Å²) in [5.74, 6) is -0.197. The standard InChI is InChI=1S/C10H17N3O2/c1-3-11-6-9-7-13(8-12-9)5-4-10(14)15-2/h7-8,11H,3-6H2,1-2H3. The fourth-order valence-electron chi connectivity index (χ4n) is 1.20. The SMILES string of the molecule is CCNCc1cn(CCC(=O)OC)cn1. The maximum atomic E-state index is 10.9. The first-order chi connectivity index (χ1) is 7.26. The van der Waals surface area contributed by atoms with Crippen molar-refractivity contribution < 1.29 is 9.53 Å². The summed E-state index contributed by atoms with van der Waals surface area (Å²) in [6.07, 6.45) is 4.05. The van der Waals surface area contributed by atoms with Crippen LogP contribution < -0.4 is 5.32 Å². The van der Waals surface area contributed by atoms with E-state index >= 15 is 0 Å². The van der Waals surface area contributed by atoms with Crippen molar-refractivity contribution in [3.8, 4) is 0 Å². The summed E-state index contributed by atoms with van der Waals surface area (Å²) in [7, 11) is 1.40. The molecular weight excluding hydrogens is 194 g/mol. The fourth-order valence-corrected chi connectivity index (χ4v) is 1.20. The summed E-state index contributed by atoms with van der Waals surface area (Å²) in [4.78, 5) is 15.1. The van der Waals surface area contributed by atoms with Crippen LogP contribution in [0.1, 0.15) is 19.0 Å². The van der Waals surface area contributed by atoms with Crippen molar-refractivity contribution in [2.45, 2.75) is 26.4 Å². The van der Waals surface area contributed by atoms with E-state index in [1.54, 1.807) is 6.33 Å². The van der Waals surface area contributed by atoms with Gasteiger partial charge in [-0.3, -0.25) is 4.79 Å². The third kappa shape index (κ3) is 4.12. The molecule has 0 saturated carbocycles. The van der Waals surface area contributed by atoms with Gasteiger partial charge in [0.2, 0.25) is 0 Å². The van der Waals surface area contributed by atoms with Gasteiger partial charge in [0.15, 0.2) is 0 Å². The third-order valence-electron chi connectivity index (χ3n) is 2.04. The van der Waals surface area contributed by atoms with Crippen LogP contribution in [-0.4, -0.2) is 29.2 Å². The second kappa shape index (κ2) is 6.19. The lowest BCUT2D eigenvalue weighted by Gasteiger charge is -2.00. The molecular formula is C10H17N3O2. The largest absolute Gasteiger partial charge is 0.469 e. The molecule has 1 rings (SSSR count). The van der Waals surface area contributed by atoms with Gasteiger partial charge < -0.3 is 14.6 Å². The minimum Gasteiger partial charge on any atom is -0.469 e. The molecule has 0 unspecified atom stereocenters. The Morgan fingerprint density at radius 2 is 2.47 bits per heavy atom. The van der Waals surface area contributed by atoms with Gasteiger partial charge in [0, 0.05) is 19.3 Å². The highest BCUT2D eigenvalue weighted by atomic mass is 16.5. The van der Waals surface area contributed by atoms with Crippen molar-refractivity contribution in [3.05, 3.63) is 18.2 Å². The van der Waals surface area contributed by atoms with Gasteiger partial charge in [-0.15, -0.1) is 0 Å². The number of imidazole rings is 1. The number of carbonyl (C=O) groups is 1. The number of methoxy groups -OCH3 is 1. The quantitative estimate of drug-likeness (QED) is 0.698. The molecule has 84 valence electrons. The first-order valence-electron chi connectivity index (χ1n) is 5.04. The molecule has 0 saturated heterocycles. The Kier molecular flexibility index (Phi) is 4.83. The lowest BCUT2D eigenvalue weighted by atomic mass is 10.4. The number of rotatable bonds is 6. The highest BCUT2D eigenvalue weighted by Gasteiger charge is 2.02. The fraction of sp³-hybridized carbons (Fsp3) is 0.600. The maximum absolute atomic E-state index is 10.9. The number of hydrogen-bond acceptors (Lipinski definition) is 4. The summed E-state index contributed by atoms with van der Waals surface area (Å²) in [6, 6.07) is 0. The average Bonchev–Trinajstić information content (AvgIpc) is 2.71. The van der Waals surface area contributed by atoms with E-state index in [1.165, 1.54) is 7.11 Å². The van der Waals surface area contributed by atoms with Gasteiger partial charge in [-0.25, -0.2) is 4.98 Å². The van der Waals surface area contributed by atoms with Crippen LogP contribution in [-0.2, 0) is 22.6 Å². The molecule has 0 fully saturated rings. The molecule has 0 aromatic carbocycles. The Labute approximate surface area is 89.4 Å². The molecule has 1 aromatic rings. The highest BCUT2D eigenvalue weighted by Crippen LogP contribution is 1.98. The number of aromatic nitrogens is 2. The molecule has 1 aromatic heterocycles. The Balaban J connectivity index is 2.35. The molecule has 0 amide bonds. The van der Waals surface area contributed by atoms with E-state index in [9.17, 15) is 4.79 Å². The van der Waals surface area contributed by atoms with Crippen molar-refractivity contribution in [2.75, 3.05) is 13.7 Å². The first kappa shape index (κ1) is 11.7. The number of aryl methyl sites for hydroxylation is 1. The van der Waals surface area contributed by atoms with Gasteiger partial charge in [0.05, 0.1) is 25.6 Å². The van der Waals surface area contributed by atoms with Gasteiger partial charge in [0.1, 0.15) is 0 Å². The number of ether oxygens (including phenoxy) is 1. The van der Waals surface area contributed by atoms with Crippen molar-refractivity contribution in [2.24, 2.45) is 0 Å². The number of nitrogens with zero attached hydrogens (tertiary/aromatic N) is 2. The molecule has 0 radical (unpaired) electrons. The second-order valence-corrected chi connectivity index (χ2v) is 3.21. The van der Waals surface area contributed by atoms with Crippen molar-refractivity contribution in [3.63, 3.8) is 0 Å². The predicted molar refractivity (Wildman–Crippen MR) is 56.2 cm³/mol. The molecule has 1 heterocycles. The zero-order valence-electron chi connectivity index (χ0n) is 9.19. The number of hydrogen-bond donors (Lipinski definition) is 1. The smallest absolute Gasteiger partial charge is 0.307 e. The summed E-state index contributed by atoms with van der Waals surface area (Å²) in [5.41, 5.74) is 0.988. The minimum atomic E-state index is -0.197. The summed E-state index contributed by atoms with van der Waals surface area (Å²) >= 11 is 0. The second-order valence-electron chi connectivity index (χ2n) is 3.21. The van der Waals surface area contributed by atoms with Gasteiger partial charge in [-0.1, -0.05) is 6.92 Å². The number of nitrogens with one attached hydrogen (secondary N) is 1. The molecule has 0 spiro atoms. The first-order valence-corrected chi connectivity index (χ1v) is 5.04. The zero-order chi connectivity index (χ0) is 11.1. The topological polar surface area (TPSA) is 56.2 Å². The van der Waals surface area contributed by atoms with E-state index in [4.69, 9.17) is 0 Å². The van der Waals surface area contributed by atoms with E-state index in [1.807, 2.05) is 17.7 Å². The number of esters is 1. The van der Waals surface area contributed by atoms with Crippen LogP contribution in [0.2, 0.25) is 0 Å². The molecule has 0 aliphatic heterocycles. The third-order valence-corrected chi connectivity index (χ3v) is 2.04. The Morgan fingerprint density at radius 3 is 3.13 bits per heavy atom. The van der Waals surface area contributed by atoms with Crippen LogP contribution in [0.4, 0.5) is 0 Å². The molecule has 0 aliphatic carbocycles. The molecule has 0 aliphatic rings. The van der Waals surface area contributed by atoms with Gasteiger partial charge in [0.25, 0.3) is 0 Å². The summed E-state index contributed by atoms with van der Waals surface area (Å²) in [6.45, 7) is 4.36. The predicted octanol–water partition coefficient (Wildman–Crippen LogP) is 0.556. The molecule has 15 heavy (non-hydrogen) atoms. The van der Waals surface area contributed by atoms with Crippen molar-refractivity contribution in [1.82, 2.24) is 14.9 Å². The van der Waals surface area contributed by atoms with E-state index in [0.29, 0.717) is 13.0 Å². The van der Waals surface area contributed by atoms with E-state index in [0.717, 1.165) is 18.8 Å². The van der Waals surface area contributed by atoms with Crippen molar-refractivity contribution >= 4 is 5.97 Å². The van der Waals surface area contributed by atoms with Gasteiger partial charge in [-0.2, -0.15) is 0 Å². The van der Waals surface area contributed by atoms with Gasteiger partial charge >= 0.3 is 5.97 Å². The molecule has 0 atom stereocenters. The monoisotopic (exact) mass is 211 g/mol. The van der Waals surface area contributed by atoms with E-state index in [2.05, 4.69) is 15.0 Å². The molecule has 5 heteroatoms. The molecule has 0 bridgehead atoms. The van der Waals surface area contributed by atoms with Crippen LogP contribution in [0, 0.1) is 0 Å². The van der Waals surface area contributed by atoms with Crippen molar-refractivity contribution in [1.29, 1.82) is 0 Å². The van der Waals surface area contributed by atoms with E-state index in [-0.39, 0.29) is 5.97 Å². The maximum Gasteiger partial charge on any atom is 0.307 e. The lowest BCUT2D eigenvalue weighted by molar-refractivity contribution is -0.140. The summed E-state index contributed by atoms with van der Waals surface area (Å²) < 4.78 is 6.45. The zero-order valence-corrected chi connectivity index (χ0v) is 9.19. The van der Waals surface area contributed by atoms with Crippen LogP contribution >= 0.6 is 0 Å². The molecule has 1 N–H and O–H groups in total. The minimum absolute atomic E-state index is 0.197. The van der Waals surface area contributed by atoms with Crippen LogP contribution in [0.25, 0.3) is 0 Å². The Hall–Kier alpha value is -1.36. The lowest BCUT2D eigenvalue weighted by Crippen LogP contribution is -2.11. The van der Waals surface area contributed by atoms with Crippen LogP contribution in [0.5, 0.6) is 0 Å². The Bertz CT molecular complexity index is 309. The number of carbonyl (C=O) groups excluding carboxylic acids is 1. The summed E-state index contributed by atoms with van der Waals surface area (Å²) in [5, 5.41) is 3.19. The van der Waals surface area contributed by atoms with E-state index < -0.39 is 0 Å². The van der Waals surface area contributed by atoms with Crippen LogP contribution in [0.3, 0.4) is 0 Å². The molecule has 5 nitrogen and oxygen atoms in total. The normalized spacial score (nSPS) is 10.3. The van der Waals surface area contributed by atoms with Crippen LogP contribution in [0.15, 0.2) is 12.5 Å². The highest BCUT2D eigenvalue weighted by molar-refractivity contribution is 5.68. The Morgan fingerprint density at radius 1 is 1.67 bits per heavy atom. The average molecular weight is 211 g/mol. The van der Waals surface area contributed by atoms with Gasteiger partial charge in [-0.05, 0) is 6.54 Å².